The second-order valence-electron chi connectivity index (χ2n) is 4.52. The Bertz CT molecular complexity index is 668. The van der Waals surface area contributed by atoms with E-state index in [1.807, 2.05) is 30.3 Å². The van der Waals surface area contributed by atoms with Crippen molar-refractivity contribution in [1.29, 1.82) is 0 Å². The van der Waals surface area contributed by atoms with Crippen molar-refractivity contribution in [3.63, 3.8) is 0 Å². The molecule has 1 N–H and O–H groups in total. The van der Waals surface area contributed by atoms with Crippen LogP contribution in [0.2, 0.25) is 0 Å². The van der Waals surface area contributed by atoms with E-state index in [0.29, 0.717) is 12.1 Å². The summed E-state index contributed by atoms with van der Waals surface area (Å²) in [5, 5.41) is 4.19. The molecular weight excluding hydrogens is 308 g/mol. The number of hydrogen-bond acceptors (Lipinski definition) is 5. The number of sulfone groups is 1. The quantitative estimate of drug-likeness (QED) is 0.838. The molecule has 0 unspecified atom stereocenters. The average Bonchev–Trinajstić information content (AvgIpc) is 3.00. The number of aryl methyl sites for hydroxylation is 1. The number of thiazole rings is 1. The highest BCUT2D eigenvalue weighted by atomic mass is 32.2. The summed E-state index contributed by atoms with van der Waals surface area (Å²) in [6.45, 7) is 0.105. The van der Waals surface area contributed by atoms with Gasteiger partial charge >= 0.3 is 0 Å². The Morgan fingerprint density at radius 2 is 1.95 bits per heavy atom. The van der Waals surface area contributed by atoms with Crippen LogP contribution >= 0.6 is 11.3 Å². The van der Waals surface area contributed by atoms with E-state index >= 15 is 0 Å². The molecule has 2 aromatic rings. The van der Waals surface area contributed by atoms with Crippen molar-refractivity contribution < 1.29 is 13.2 Å². The van der Waals surface area contributed by atoms with Crippen molar-refractivity contribution in [2.45, 2.75) is 6.42 Å². The van der Waals surface area contributed by atoms with Crippen LogP contribution < -0.4 is 5.32 Å². The highest BCUT2D eigenvalue weighted by molar-refractivity contribution is 7.91. The van der Waals surface area contributed by atoms with Gasteiger partial charge in [0.05, 0.1) is 17.0 Å². The molecule has 0 aliphatic carbocycles. The Balaban J connectivity index is 1.75. The summed E-state index contributed by atoms with van der Waals surface area (Å²) in [5.41, 5.74) is 2.88. The molecule has 21 heavy (non-hydrogen) atoms. The summed E-state index contributed by atoms with van der Waals surface area (Å²) in [6, 6.07) is 9.47. The zero-order chi connectivity index (χ0) is 15.1. The fraction of sp³-hybridized carbons (Fsp3) is 0.286. The smallest absolute Gasteiger partial charge is 0.270 e. The van der Waals surface area contributed by atoms with Crippen LogP contribution in [0.15, 0.2) is 41.2 Å². The maximum atomic E-state index is 11.9. The first-order valence-electron chi connectivity index (χ1n) is 6.47. The van der Waals surface area contributed by atoms with Crippen LogP contribution in [0.3, 0.4) is 0 Å². The fourth-order valence-electron chi connectivity index (χ4n) is 1.76. The van der Waals surface area contributed by atoms with Gasteiger partial charge in [-0.05, 0) is 12.0 Å². The van der Waals surface area contributed by atoms with Gasteiger partial charge in [-0.2, -0.15) is 0 Å². The van der Waals surface area contributed by atoms with Crippen molar-refractivity contribution >= 4 is 27.1 Å². The van der Waals surface area contributed by atoms with Crippen molar-refractivity contribution in [2.75, 3.05) is 18.1 Å². The SMILES string of the molecule is O=C(NCCS(=O)(=O)CCc1ccccc1)c1cscn1. The van der Waals surface area contributed by atoms with Crippen molar-refractivity contribution in [3.05, 3.63) is 52.5 Å². The average molecular weight is 324 g/mol. The Labute approximate surface area is 128 Å². The minimum Gasteiger partial charge on any atom is -0.350 e. The molecular formula is C14H16N2O3S2. The summed E-state index contributed by atoms with van der Waals surface area (Å²) in [4.78, 5) is 15.5. The maximum Gasteiger partial charge on any atom is 0.270 e. The number of aromatic nitrogens is 1. The largest absolute Gasteiger partial charge is 0.350 e. The molecule has 1 heterocycles. The molecule has 0 saturated heterocycles. The van der Waals surface area contributed by atoms with Crippen LogP contribution in [0.4, 0.5) is 0 Å². The number of carbonyl (C=O) groups excluding carboxylic acids is 1. The summed E-state index contributed by atoms with van der Waals surface area (Å²) in [6.07, 6.45) is 0.489. The van der Waals surface area contributed by atoms with E-state index in [9.17, 15) is 13.2 Å². The third kappa shape index (κ3) is 5.28. The highest BCUT2D eigenvalue weighted by Gasteiger charge is 2.13. The minimum atomic E-state index is -3.18. The zero-order valence-corrected chi connectivity index (χ0v) is 13.0. The first-order chi connectivity index (χ1) is 10.1. The topological polar surface area (TPSA) is 76.1 Å². The number of amides is 1. The highest BCUT2D eigenvalue weighted by Crippen LogP contribution is 2.03. The molecule has 2 rings (SSSR count). The van der Waals surface area contributed by atoms with Gasteiger partial charge < -0.3 is 5.32 Å². The van der Waals surface area contributed by atoms with E-state index < -0.39 is 9.84 Å². The van der Waals surface area contributed by atoms with Crippen LogP contribution in [0.5, 0.6) is 0 Å². The van der Waals surface area contributed by atoms with Gasteiger partial charge in [0.15, 0.2) is 9.84 Å². The standard InChI is InChI=1S/C14H16N2O3S2/c17-14(13-10-20-11-16-13)15-7-9-21(18,19)8-6-12-4-2-1-3-5-12/h1-5,10-11H,6-9H2,(H,15,17). The van der Waals surface area contributed by atoms with E-state index in [1.54, 1.807) is 10.9 Å². The number of nitrogens with zero attached hydrogens (tertiary/aromatic N) is 1. The number of carbonyl (C=O) groups is 1. The molecule has 1 aromatic carbocycles. The van der Waals surface area contributed by atoms with Gasteiger partial charge in [-0.3, -0.25) is 4.79 Å². The van der Waals surface area contributed by atoms with E-state index in [0.717, 1.165) is 5.56 Å². The van der Waals surface area contributed by atoms with Gasteiger partial charge in [-0.25, -0.2) is 13.4 Å². The molecule has 0 radical (unpaired) electrons. The summed E-state index contributed by atoms with van der Waals surface area (Å²) >= 11 is 1.32. The Morgan fingerprint density at radius 1 is 1.19 bits per heavy atom. The van der Waals surface area contributed by atoms with Crippen LogP contribution in [0, 0.1) is 0 Å². The second-order valence-corrected chi connectivity index (χ2v) is 7.54. The lowest BCUT2D eigenvalue weighted by Gasteiger charge is -2.06. The molecule has 1 amide bonds. The third-order valence-electron chi connectivity index (χ3n) is 2.91. The second kappa shape index (κ2) is 7.33. The van der Waals surface area contributed by atoms with E-state index in [4.69, 9.17) is 0 Å². The molecule has 0 atom stereocenters. The van der Waals surface area contributed by atoms with Gasteiger partial charge in [0.25, 0.3) is 5.91 Å². The van der Waals surface area contributed by atoms with E-state index in [2.05, 4.69) is 10.3 Å². The monoisotopic (exact) mass is 324 g/mol. The Kier molecular flexibility index (Phi) is 5.46. The summed E-state index contributed by atoms with van der Waals surface area (Å²) < 4.78 is 23.8. The number of nitrogens with one attached hydrogen (secondary N) is 1. The van der Waals surface area contributed by atoms with Crippen LogP contribution in [0.25, 0.3) is 0 Å². The third-order valence-corrected chi connectivity index (χ3v) is 5.15. The number of benzene rings is 1. The lowest BCUT2D eigenvalue weighted by Crippen LogP contribution is -2.30. The summed E-state index contributed by atoms with van der Waals surface area (Å²) in [7, 11) is -3.18. The molecule has 0 bridgehead atoms. The van der Waals surface area contributed by atoms with Gasteiger partial charge in [0.2, 0.25) is 0 Å². The lowest BCUT2D eigenvalue weighted by atomic mass is 10.2. The van der Waals surface area contributed by atoms with Gasteiger partial charge in [-0.15, -0.1) is 11.3 Å². The molecule has 0 fully saturated rings. The first-order valence-corrected chi connectivity index (χ1v) is 9.24. The normalized spacial score (nSPS) is 11.2. The molecule has 7 heteroatoms. The van der Waals surface area contributed by atoms with Crippen molar-refractivity contribution in [3.8, 4) is 0 Å². The Morgan fingerprint density at radius 3 is 2.62 bits per heavy atom. The molecule has 0 aliphatic heterocycles. The molecule has 1 aromatic heterocycles. The van der Waals surface area contributed by atoms with Gasteiger partial charge in [0.1, 0.15) is 5.69 Å². The molecule has 5 nitrogen and oxygen atoms in total. The van der Waals surface area contributed by atoms with Crippen molar-refractivity contribution in [2.24, 2.45) is 0 Å². The zero-order valence-electron chi connectivity index (χ0n) is 11.4. The molecule has 0 saturated carbocycles. The fourth-order valence-corrected chi connectivity index (χ4v) is 3.45. The predicted octanol–water partition coefficient (Wildman–Crippen LogP) is 1.53. The summed E-state index contributed by atoms with van der Waals surface area (Å²) in [5.74, 6) is -0.311. The molecule has 0 aliphatic rings. The minimum absolute atomic E-state index is 0.0598. The van der Waals surface area contributed by atoms with Crippen molar-refractivity contribution in [1.82, 2.24) is 10.3 Å². The lowest BCUT2D eigenvalue weighted by molar-refractivity contribution is 0.0952. The molecule has 0 spiro atoms. The first kappa shape index (κ1) is 15.7. The van der Waals surface area contributed by atoms with Crippen LogP contribution in [-0.2, 0) is 16.3 Å². The number of hydrogen-bond donors (Lipinski definition) is 1. The maximum absolute atomic E-state index is 11.9. The van der Waals surface area contributed by atoms with Gasteiger partial charge in [0, 0.05) is 11.9 Å². The van der Waals surface area contributed by atoms with Crippen LogP contribution in [0.1, 0.15) is 16.1 Å². The van der Waals surface area contributed by atoms with Gasteiger partial charge in [-0.1, -0.05) is 30.3 Å². The number of rotatable bonds is 7. The Hall–Kier alpha value is -1.73. The molecule has 112 valence electrons. The predicted molar refractivity (Wildman–Crippen MR) is 83.2 cm³/mol. The van der Waals surface area contributed by atoms with E-state index in [1.165, 1.54) is 11.3 Å². The van der Waals surface area contributed by atoms with E-state index in [-0.39, 0.29) is 24.0 Å². The van der Waals surface area contributed by atoms with Crippen LogP contribution in [-0.4, -0.2) is 37.4 Å².